The molecular formula is C13H12F2N2. The van der Waals surface area contributed by atoms with Gasteiger partial charge in [0, 0.05) is 18.8 Å². The molecule has 2 rings (SSSR count). The lowest BCUT2D eigenvalue weighted by atomic mass is 10.1. The van der Waals surface area contributed by atoms with E-state index in [1.807, 2.05) is 18.2 Å². The monoisotopic (exact) mass is 234 g/mol. The first-order valence-corrected chi connectivity index (χ1v) is 5.34. The van der Waals surface area contributed by atoms with Crippen LogP contribution in [0.5, 0.6) is 0 Å². The molecule has 0 bridgehead atoms. The summed E-state index contributed by atoms with van der Waals surface area (Å²) < 4.78 is 26.0. The van der Waals surface area contributed by atoms with Crippen molar-refractivity contribution in [1.29, 1.82) is 0 Å². The number of anilines is 1. The molecule has 1 aromatic carbocycles. The standard InChI is InChI=1S/C13H12F2N2/c14-11-5-4-10(12(15)9-11)6-8-17-13-3-1-2-7-16-13/h1-5,7,9H,6,8H2,(H,16,17). The fourth-order valence-electron chi connectivity index (χ4n) is 1.52. The summed E-state index contributed by atoms with van der Waals surface area (Å²) in [5.41, 5.74) is 0.495. The molecule has 88 valence electrons. The molecule has 17 heavy (non-hydrogen) atoms. The van der Waals surface area contributed by atoms with Gasteiger partial charge in [-0.1, -0.05) is 12.1 Å². The van der Waals surface area contributed by atoms with Crippen molar-refractivity contribution >= 4 is 5.82 Å². The third-order valence-corrected chi connectivity index (χ3v) is 2.38. The van der Waals surface area contributed by atoms with Crippen LogP contribution in [0.1, 0.15) is 5.56 Å². The zero-order valence-corrected chi connectivity index (χ0v) is 9.16. The molecule has 0 saturated heterocycles. The normalized spacial score (nSPS) is 10.2. The van der Waals surface area contributed by atoms with Crippen LogP contribution in [0.2, 0.25) is 0 Å². The minimum Gasteiger partial charge on any atom is -0.370 e. The number of hydrogen-bond donors (Lipinski definition) is 1. The van der Waals surface area contributed by atoms with Crippen LogP contribution in [0.15, 0.2) is 42.6 Å². The molecule has 2 aromatic rings. The number of benzene rings is 1. The molecule has 4 heteroatoms. The average molecular weight is 234 g/mol. The van der Waals surface area contributed by atoms with Crippen LogP contribution in [0.3, 0.4) is 0 Å². The number of nitrogens with one attached hydrogen (secondary N) is 1. The predicted octanol–water partition coefficient (Wildman–Crippen LogP) is 3.01. The van der Waals surface area contributed by atoms with E-state index in [2.05, 4.69) is 10.3 Å². The minimum atomic E-state index is -0.552. The Balaban J connectivity index is 1.90. The molecule has 0 spiro atoms. The molecule has 0 atom stereocenters. The molecule has 0 amide bonds. The van der Waals surface area contributed by atoms with E-state index < -0.39 is 11.6 Å². The van der Waals surface area contributed by atoms with Crippen LogP contribution in [0, 0.1) is 11.6 Å². The molecule has 2 nitrogen and oxygen atoms in total. The maximum Gasteiger partial charge on any atom is 0.129 e. The Morgan fingerprint density at radius 3 is 2.71 bits per heavy atom. The summed E-state index contributed by atoms with van der Waals surface area (Å²) in [5.74, 6) is -0.313. The van der Waals surface area contributed by atoms with Gasteiger partial charge in [0.15, 0.2) is 0 Å². The van der Waals surface area contributed by atoms with Gasteiger partial charge in [-0.25, -0.2) is 13.8 Å². The summed E-state index contributed by atoms with van der Waals surface area (Å²) in [6, 6.07) is 9.15. The largest absolute Gasteiger partial charge is 0.370 e. The van der Waals surface area contributed by atoms with Crippen LogP contribution in [0.4, 0.5) is 14.6 Å². The molecule has 0 unspecified atom stereocenters. The van der Waals surface area contributed by atoms with Crippen molar-refractivity contribution in [3.8, 4) is 0 Å². The molecule has 0 radical (unpaired) electrons. The summed E-state index contributed by atoms with van der Waals surface area (Å²) in [4.78, 5) is 4.08. The second-order valence-corrected chi connectivity index (χ2v) is 3.63. The van der Waals surface area contributed by atoms with Crippen molar-refractivity contribution in [2.75, 3.05) is 11.9 Å². The fourth-order valence-corrected chi connectivity index (χ4v) is 1.52. The number of aromatic nitrogens is 1. The summed E-state index contributed by atoms with van der Waals surface area (Å²) >= 11 is 0. The molecule has 1 heterocycles. The number of nitrogens with zero attached hydrogens (tertiary/aromatic N) is 1. The predicted molar refractivity (Wildman–Crippen MR) is 62.8 cm³/mol. The van der Waals surface area contributed by atoms with Crippen molar-refractivity contribution < 1.29 is 8.78 Å². The van der Waals surface area contributed by atoms with Crippen LogP contribution < -0.4 is 5.32 Å². The van der Waals surface area contributed by atoms with E-state index in [0.29, 0.717) is 18.5 Å². The van der Waals surface area contributed by atoms with Crippen molar-refractivity contribution in [3.63, 3.8) is 0 Å². The van der Waals surface area contributed by atoms with Crippen LogP contribution in [-0.2, 0) is 6.42 Å². The summed E-state index contributed by atoms with van der Waals surface area (Å²) in [6.45, 7) is 0.555. The third kappa shape index (κ3) is 3.24. The number of halogens is 2. The van der Waals surface area contributed by atoms with E-state index in [4.69, 9.17) is 0 Å². The molecule has 1 N–H and O–H groups in total. The van der Waals surface area contributed by atoms with E-state index in [0.717, 1.165) is 11.9 Å². The topological polar surface area (TPSA) is 24.9 Å². The van der Waals surface area contributed by atoms with Crippen molar-refractivity contribution in [3.05, 3.63) is 59.8 Å². The Morgan fingerprint density at radius 2 is 2.00 bits per heavy atom. The highest BCUT2D eigenvalue weighted by Gasteiger charge is 2.03. The van der Waals surface area contributed by atoms with Gasteiger partial charge in [-0.05, 0) is 30.2 Å². The number of hydrogen-bond acceptors (Lipinski definition) is 2. The van der Waals surface area contributed by atoms with Crippen LogP contribution in [0.25, 0.3) is 0 Å². The lowest BCUT2D eigenvalue weighted by Gasteiger charge is -2.06. The fraction of sp³-hybridized carbons (Fsp3) is 0.154. The smallest absolute Gasteiger partial charge is 0.129 e. The highest BCUT2D eigenvalue weighted by atomic mass is 19.1. The highest BCUT2D eigenvalue weighted by molar-refractivity contribution is 5.33. The zero-order chi connectivity index (χ0) is 12.1. The maximum atomic E-state index is 13.3. The molecular weight excluding hydrogens is 222 g/mol. The molecule has 0 aliphatic rings. The van der Waals surface area contributed by atoms with Gasteiger partial charge >= 0.3 is 0 Å². The Kier molecular flexibility index (Phi) is 3.65. The lowest BCUT2D eigenvalue weighted by molar-refractivity contribution is 0.572. The van der Waals surface area contributed by atoms with Crippen LogP contribution in [-0.4, -0.2) is 11.5 Å². The minimum absolute atomic E-state index is 0.489. The van der Waals surface area contributed by atoms with Gasteiger partial charge in [-0.3, -0.25) is 0 Å². The first-order valence-electron chi connectivity index (χ1n) is 5.34. The Labute approximate surface area is 98.3 Å². The summed E-state index contributed by atoms with van der Waals surface area (Å²) in [6.07, 6.45) is 2.17. The second-order valence-electron chi connectivity index (χ2n) is 3.63. The van der Waals surface area contributed by atoms with Crippen molar-refractivity contribution in [1.82, 2.24) is 4.98 Å². The molecule has 0 saturated carbocycles. The van der Waals surface area contributed by atoms with Gasteiger partial charge in [0.25, 0.3) is 0 Å². The average Bonchev–Trinajstić information content (AvgIpc) is 2.33. The van der Waals surface area contributed by atoms with Crippen molar-refractivity contribution in [2.24, 2.45) is 0 Å². The van der Waals surface area contributed by atoms with Gasteiger partial charge in [0.05, 0.1) is 0 Å². The lowest BCUT2D eigenvalue weighted by Crippen LogP contribution is -2.07. The first-order chi connectivity index (χ1) is 8.25. The van der Waals surface area contributed by atoms with E-state index in [-0.39, 0.29) is 0 Å². The van der Waals surface area contributed by atoms with E-state index >= 15 is 0 Å². The summed E-state index contributed by atoms with van der Waals surface area (Å²) in [7, 11) is 0. The Morgan fingerprint density at radius 1 is 1.12 bits per heavy atom. The highest BCUT2D eigenvalue weighted by Crippen LogP contribution is 2.10. The number of rotatable bonds is 4. The summed E-state index contributed by atoms with van der Waals surface area (Å²) in [5, 5.41) is 3.06. The third-order valence-electron chi connectivity index (χ3n) is 2.38. The van der Waals surface area contributed by atoms with Gasteiger partial charge in [0.1, 0.15) is 17.5 Å². The zero-order valence-electron chi connectivity index (χ0n) is 9.16. The van der Waals surface area contributed by atoms with E-state index in [1.54, 1.807) is 6.20 Å². The van der Waals surface area contributed by atoms with Gasteiger partial charge in [-0.2, -0.15) is 0 Å². The van der Waals surface area contributed by atoms with Gasteiger partial charge in [0.2, 0.25) is 0 Å². The molecule has 0 aliphatic heterocycles. The maximum absolute atomic E-state index is 13.3. The Bertz CT molecular complexity index is 486. The second kappa shape index (κ2) is 5.39. The van der Waals surface area contributed by atoms with Gasteiger partial charge in [-0.15, -0.1) is 0 Å². The van der Waals surface area contributed by atoms with E-state index in [9.17, 15) is 8.78 Å². The van der Waals surface area contributed by atoms with Gasteiger partial charge < -0.3 is 5.32 Å². The van der Waals surface area contributed by atoms with Crippen LogP contribution >= 0.6 is 0 Å². The van der Waals surface area contributed by atoms with E-state index in [1.165, 1.54) is 12.1 Å². The first kappa shape index (κ1) is 11.5. The molecule has 0 aliphatic carbocycles. The SMILES string of the molecule is Fc1ccc(CCNc2ccccn2)c(F)c1. The quantitative estimate of drug-likeness (QED) is 0.879. The molecule has 1 aromatic heterocycles. The van der Waals surface area contributed by atoms with Crippen molar-refractivity contribution in [2.45, 2.75) is 6.42 Å². The Hall–Kier alpha value is -1.97. The molecule has 0 fully saturated rings. The number of pyridine rings is 1.